The number of hydrogen-bond acceptors (Lipinski definition) is 4. The molecule has 0 aliphatic rings. The van der Waals surface area contributed by atoms with Gasteiger partial charge in [-0.1, -0.05) is 30.3 Å². The first-order valence-electron chi connectivity index (χ1n) is 7.08. The van der Waals surface area contributed by atoms with E-state index in [0.29, 0.717) is 19.7 Å². The molecule has 1 heterocycles. The van der Waals surface area contributed by atoms with Crippen molar-refractivity contribution in [3.05, 3.63) is 53.9 Å². The Hall–Kier alpha value is -2.14. The molecule has 2 aromatic rings. The molecule has 1 aromatic carbocycles. The maximum Gasteiger partial charge on any atom is 0.320 e. The Bertz CT molecular complexity index is 566. The third-order valence-corrected chi connectivity index (χ3v) is 3.06. The van der Waals surface area contributed by atoms with Crippen LogP contribution in [0.3, 0.4) is 0 Å². The first kappa shape index (κ1) is 15.3. The molecular formula is C16H21N3O2. The molecule has 0 amide bonds. The van der Waals surface area contributed by atoms with Crippen molar-refractivity contribution in [1.29, 1.82) is 0 Å². The lowest BCUT2D eigenvalue weighted by molar-refractivity contribution is -0.144. The number of carbonyl (C=O) groups excluding carboxylic acids is 1. The van der Waals surface area contributed by atoms with Gasteiger partial charge < -0.3 is 4.74 Å². The molecule has 21 heavy (non-hydrogen) atoms. The second kappa shape index (κ2) is 7.59. The number of aryl methyl sites for hydroxylation is 1. The van der Waals surface area contributed by atoms with Crippen molar-refractivity contribution in [3.63, 3.8) is 0 Å². The predicted molar refractivity (Wildman–Crippen MR) is 80.4 cm³/mol. The van der Waals surface area contributed by atoms with Crippen molar-refractivity contribution in [1.82, 2.24) is 14.7 Å². The highest BCUT2D eigenvalue weighted by Gasteiger charge is 2.14. The number of rotatable bonds is 7. The number of nitrogens with zero attached hydrogens (tertiary/aromatic N) is 3. The Labute approximate surface area is 125 Å². The quantitative estimate of drug-likeness (QED) is 0.731. The second-order valence-corrected chi connectivity index (χ2v) is 4.92. The normalized spacial score (nSPS) is 10.8. The molecule has 5 nitrogen and oxygen atoms in total. The van der Waals surface area contributed by atoms with Crippen LogP contribution < -0.4 is 0 Å². The molecule has 112 valence electrons. The molecule has 0 saturated heterocycles. The fourth-order valence-corrected chi connectivity index (χ4v) is 2.18. The summed E-state index contributed by atoms with van der Waals surface area (Å²) in [4.78, 5) is 13.8. The van der Waals surface area contributed by atoms with Gasteiger partial charge in [-0.3, -0.25) is 14.4 Å². The highest BCUT2D eigenvalue weighted by Crippen LogP contribution is 2.09. The van der Waals surface area contributed by atoms with Gasteiger partial charge in [0.05, 0.1) is 18.8 Å². The predicted octanol–water partition coefficient (Wildman–Crippen LogP) is 1.99. The summed E-state index contributed by atoms with van der Waals surface area (Å²) < 4.78 is 6.81. The standard InChI is InChI=1S/C16H21N3O2/c1-3-21-16(20)13-19(11-14-7-5-4-6-8-14)12-15-9-10-18(2)17-15/h4-10H,3,11-13H2,1-2H3. The summed E-state index contributed by atoms with van der Waals surface area (Å²) in [7, 11) is 1.89. The molecule has 0 atom stereocenters. The van der Waals surface area contributed by atoms with Crippen molar-refractivity contribution >= 4 is 5.97 Å². The molecule has 0 unspecified atom stereocenters. The fourth-order valence-electron chi connectivity index (χ4n) is 2.18. The van der Waals surface area contributed by atoms with Crippen LogP contribution in [0.25, 0.3) is 0 Å². The smallest absolute Gasteiger partial charge is 0.320 e. The Morgan fingerprint density at radius 1 is 1.24 bits per heavy atom. The zero-order valence-corrected chi connectivity index (χ0v) is 12.5. The van der Waals surface area contributed by atoms with Gasteiger partial charge in [-0.25, -0.2) is 0 Å². The van der Waals surface area contributed by atoms with E-state index in [1.807, 2.05) is 49.3 Å². The summed E-state index contributed by atoms with van der Waals surface area (Å²) in [6.07, 6.45) is 1.90. The van der Waals surface area contributed by atoms with Crippen molar-refractivity contribution in [2.75, 3.05) is 13.2 Å². The number of hydrogen-bond donors (Lipinski definition) is 0. The molecule has 0 saturated carbocycles. The zero-order valence-electron chi connectivity index (χ0n) is 12.5. The molecular weight excluding hydrogens is 266 g/mol. The topological polar surface area (TPSA) is 47.4 Å². The number of aromatic nitrogens is 2. The van der Waals surface area contributed by atoms with E-state index in [1.165, 1.54) is 0 Å². The van der Waals surface area contributed by atoms with Crippen molar-refractivity contribution in [3.8, 4) is 0 Å². The van der Waals surface area contributed by atoms with Crippen LogP contribution in [-0.2, 0) is 29.7 Å². The minimum absolute atomic E-state index is 0.204. The van der Waals surface area contributed by atoms with Gasteiger partial charge in [-0.15, -0.1) is 0 Å². The maximum atomic E-state index is 11.7. The van der Waals surface area contributed by atoms with Crippen LogP contribution in [0.1, 0.15) is 18.2 Å². The third kappa shape index (κ3) is 5.04. The molecule has 1 aromatic heterocycles. The van der Waals surface area contributed by atoms with Gasteiger partial charge in [0, 0.05) is 26.3 Å². The van der Waals surface area contributed by atoms with Gasteiger partial charge in [0.1, 0.15) is 0 Å². The Morgan fingerprint density at radius 3 is 2.62 bits per heavy atom. The van der Waals surface area contributed by atoms with Crippen LogP contribution in [0.4, 0.5) is 0 Å². The van der Waals surface area contributed by atoms with Crippen LogP contribution in [0.2, 0.25) is 0 Å². The SMILES string of the molecule is CCOC(=O)CN(Cc1ccccc1)Cc1ccn(C)n1. The lowest BCUT2D eigenvalue weighted by Gasteiger charge is -2.20. The summed E-state index contributed by atoms with van der Waals surface area (Å²) >= 11 is 0. The van der Waals surface area contributed by atoms with Crippen LogP contribution in [0, 0.1) is 0 Å². The van der Waals surface area contributed by atoms with Crippen molar-refractivity contribution in [2.45, 2.75) is 20.0 Å². The highest BCUT2D eigenvalue weighted by molar-refractivity contribution is 5.71. The first-order valence-corrected chi connectivity index (χ1v) is 7.08. The highest BCUT2D eigenvalue weighted by atomic mass is 16.5. The van der Waals surface area contributed by atoms with Crippen molar-refractivity contribution in [2.24, 2.45) is 7.05 Å². The summed E-state index contributed by atoms with van der Waals surface area (Å²) in [5.41, 5.74) is 2.11. The molecule has 0 radical (unpaired) electrons. The van der Waals surface area contributed by atoms with E-state index >= 15 is 0 Å². The average molecular weight is 287 g/mol. The second-order valence-electron chi connectivity index (χ2n) is 4.92. The summed E-state index contributed by atoms with van der Waals surface area (Å²) in [5.74, 6) is -0.204. The van der Waals surface area contributed by atoms with E-state index in [1.54, 1.807) is 4.68 Å². The number of benzene rings is 1. The molecule has 0 spiro atoms. The molecule has 2 rings (SSSR count). The molecule has 0 bridgehead atoms. The maximum absolute atomic E-state index is 11.7. The summed E-state index contributed by atoms with van der Waals surface area (Å²) in [5, 5.41) is 4.37. The van der Waals surface area contributed by atoms with Gasteiger partial charge in [-0.05, 0) is 18.6 Å². The Morgan fingerprint density at radius 2 is 2.00 bits per heavy atom. The van der Waals surface area contributed by atoms with Crippen LogP contribution in [0.15, 0.2) is 42.6 Å². The largest absolute Gasteiger partial charge is 0.465 e. The Balaban J connectivity index is 2.04. The lowest BCUT2D eigenvalue weighted by Crippen LogP contribution is -2.30. The van der Waals surface area contributed by atoms with E-state index in [-0.39, 0.29) is 12.5 Å². The number of esters is 1. The molecule has 5 heteroatoms. The number of ether oxygens (including phenoxy) is 1. The average Bonchev–Trinajstić information content (AvgIpc) is 2.85. The summed E-state index contributed by atoms with van der Waals surface area (Å²) in [6.45, 7) is 3.80. The minimum atomic E-state index is -0.204. The lowest BCUT2D eigenvalue weighted by atomic mass is 10.2. The van der Waals surface area contributed by atoms with E-state index in [2.05, 4.69) is 17.2 Å². The van der Waals surface area contributed by atoms with Gasteiger partial charge in [-0.2, -0.15) is 5.10 Å². The van der Waals surface area contributed by atoms with E-state index in [0.717, 1.165) is 11.3 Å². The van der Waals surface area contributed by atoms with Crippen LogP contribution in [0.5, 0.6) is 0 Å². The van der Waals surface area contributed by atoms with Crippen molar-refractivity contribution < 1.29 is 9.53 Å². The number of carbonyl (C=O) groups is 1. The van der Waals surface area contributed by atoms with E-state index in [9.17, 15) is 4.79 Å². The Kier molecular flexibility index (Phi) is 5.51. The third-order valence-electron chi connectivity index (χ3n) is 3.06. The van der Waals surface area contributed by atoms with E-state index in [4.69, 9.17) is 4.74 Å². The molecule has 0 fully saturated rings. The van der Waals surface area contributed by atoms with Gasteiger partial charge in [0.15, 0.2) is 0 Å². The van der Waals surface area contributed by atoms with Gasteiger partial charge in [0.2, 0.25) is 0 Å². The molecule has 0 aliphatic heterocycles. The van der Waals surface area contributed by atoms with Gasteiger partial charge >= 0.3 is 5.97 Å². The molecule has 0 aliphatic carbocycles. The monoisotopic (exact) mass is 287 g/mol. The van der Waals surface area contributed by atoms with Gasteiger partial charge in [0.25, 0.3) is 0 Å². The van der Waals surface area contributed by atoms with Crippen LogP contribution >= 0.6 is 0 Å². The van der Waals surface area contributed by atoms with E-state index < -0.39 is 0 Å². The first-order chi connectivity index (χ1) is 10.2. The van der Waals surface area contributed by atoms with Crippen LogP contribution in [-0.4, -0.2) is 33.8 Å². The summed E-state index contributed by atoms with van der Waals surface area (Å²) in [6, 6.07) is 12.0. The molecule has 0 N–H and O–H groups in total. The zero-order chi connectivity index (χ0) is 15.1. The fraction of sp³-hybridized carbons (Fsp3) is 0.375. The minimum Gasteiger partial charge on any atom is -0.465 e.